The molecule has 2 nitrogen and oxygen atoms in total. The lowest BCUT2D eigenvalue weighted by Crippen LogP contribution is -1.88. The first-order chi connectivity index (χ1) is 2.77. The van der Waals surface area contributed by atoms with Crippen molar-refractivity contribution < 1.29 is 13.9 Å². The van der Waals surface area contributed by atoms with Crippen molar-refractivity contribution in [3.8, 4) is 0 Å². The lowest BCUT2D eigenvalue weighted by molar-refractivity contribution is 0.138. The van der Waals surface area contributed by atoms with E-state index in [2.05, 4.69) is 4.74 Å². The van der Waals surface area contributed by atoms with E-state index >= 15 is 0 Å². The number of hydrogen-bond acceptors (Lipinski definition) is 2. The summed E-state index contributed by atoms with van der Waals surface area (Å²) in [4.78, 5) is 9.07. The van der Waals surface area contributed by atoms with Gasteiger partial charge in [-0.2, -0.15) is 0 Å². The number of carbonyl (C=O) groups excluding carboxylic acids is 1. The topological polar surface area (TPSA) is 26.3 Å². The highest BCUT2D eigenvalue weighted by molar-refractivity contribution is 6.17. The summed E-state index contributed by atoms with van der Waals surface area (Å²) in [6.45, 7) is 0. The van der Waals surface area contributed by atoms with Crippen molar-refractivity contribution in [2.24, 2.45) is 0 Å². The molecule has 0 unspecified atom stereocenters. The van der Waals surface area contributed by atoms with Gasteiger partial charge in [0.1, 0.15) is 0 Å². The minimum Gasteiger partial charge on any atom is -0.424 e. The van der Waals surface area contributed by atoms with Crippen molar-refractivity contribution in [2.45, 2.75) is 0 Å². The molecule has 0 aromatic rings. The molecule has 0 saturated carbocycles. The van der Waals surface area contributed by atoms with Crippen LogP contribution in [0, 0.1) is 0 Å². The Labute approximate surface area is 38.8 Å². The highest BCUT2D eigenvalue weighted by Crippen LogP contribution is 1.82. The number of ether oxygens (including phenoxy) is 1. The van der Waals surface area contributed by atoms with Crippen molar-refractivity contribution in [3.63, 3.8) is 0 Å². The van der Waals surface area contributed by atoms with Crippen molar-refractivity contribution >= 4 is 17.8 Å². The Bertz CT molecular complexity index is 55.5. The van der Waals surface area contributed by atoms with Gasteiger partial charge in [0.15, 0.2) is 6.07 Å². The maximum Gasteiger partial charge on any atom is 0.496 e. The summed E-state index contributed by atoms with van der Waals surface area (Å²) in [6, 6.07) is -0.421. The Morgan fingerprint density at radius 3 is 2.50 bits per heavy atom. The van der Waals surface area contributed by atoms with Crippen LogP contribution in [0.2, 0.25) is 0 Å². The predicted molar refractivity (Wildman–Crippen MR) is 18.3 cm³/mol. The second-order valence-corrected chi connectivity index (χ2v) is 0.709. The number of alkyl halides is 1. The van der Waals surface area contributed by atoms with Gasteiger partial charge in [-0.1, -0.05) is 11.6 Å². The third-order valence-electron chi connectivity index (χ3n) is 0.168. The van der Waals surface area contributed by atoms with Crippen LogP contribution in [0.5, 0.6) is 0 Å². The van der Waals surface area contributed by atoms with Crippen LogP contribution in [0.1, 0.15) is 0 Å². The van der Waals surface area contributed by atoms with E-state index in [9.17, 15) is 4.39 Å². The molecule has 0 aliphatic heterocycles. The van der Waals surface area contributed by atoms with Gasteiger partial charge in [-0.25, -0.2) is 4.79 Å². The first-order valence-electron chi connectivity index (χ1n) is 1.15. The summed E-state index contributed by atoms with van der Waals surface area (Å²) < 4.78 is 14.3. The predicted octanol–water partition coefficient (Wildman–Crippen LogP) is 1.29. The van der Waals surface area contributed by atoms with Crippen LogP contribution in [-0.2, 0) is 4.74 Å². The van der Waals surface area contributed by atoms with Crippen LogP contribution >= 0.6 is 11.6 Å². The molecule has 0 amide bonds. The van der Waals surface area contributed by atoms with Gasteiger partial charge >= 0.3 is 6.22 Å². The van der Waals surface area contributed by atoms with Gasteiger partial charge in [0.2, 0.25) is 0 Å². The van der Waals surface area contributed by atoms with Crippen LogP contribution < -0.4 is 0 Å². The lowest BCUT2D eigenvalue weighted by Gasteiger charge is -1.83. The first kappa shape index (κ1) is 5.69. The molecule has 0 fully saturated rings. The molecule has 0 atom stereocenters. The maximum absolute atomic E-state index is 10.8. The average molecular weight is 112 g/mol. The second-order valence-electron chi connectivity index (χ2n) is 0.491. The van der Waals surface area contributed by atoms with Crippen molar-refractivity contribution in [1.29, 1.82) is 0 Å². The molecule has 0 saturated heterocycles. The van der Waals surface area contributed by atoms with Gasteiger partial charge in [0.05, 0.1) is 0 Å². The first-order valence-corrected chi connectivity index (χ1v) is 1.69. The third-order valence-corrected chi connectivity index (χ3v) is 0.277. The zero-order valence-corrected chi connectivity index (χ0v) is 3.54. The monoisotopic (exact) mass is 112 g/mol. The number of rotatable bonds is 1. The van der Waals surface area contributed by atoms with E-state index < -0.39 is 12.3 Å². The quantitative estimate of drug-likeness (QED) is 0.377. The van der Waals surface area contributed by atoms with E-state index in [0.717, 1.165) is 0 Å². The molecular weight excluding hydrogens is 110 g/mol. The maximum atomic E-state index is 10.8. The molecule has 0 bridgehead atoms. The van der Waals surface area contributed by atoms with Gasteiger partial charge < -0.3 is 4.74 Å². The fraction of sp³-hybridized carbons (Fsp3) is 0.500. The summed E-state index contributed by atoms with van der Waals surface area (Å²) in [6.07, 6.45) is -1.84. The normalized spacial score (nSPS) is 7.67. The van der Waals surface area contributed by atoms with E-state index in [-0.39, 0.29) is 0 Å². The van der Waals surface area contributed by atoms with Crippen molar-refractivity contribution in [2.75, 3.05) is 6.07 Å². The Morgan fingerprint density at radius 2 is 2.50 bits per heavy atom. The molecule has 0 radical (unpaired) electrons. The minimum atomic E-state index is -1.84. The number of halogens is 2. The molecule has 4 heteroatoms. The molecule has 0 aromatic heterocycles. The number of carbonyl (C=O) groups is 1. The van der Waals surface area contributed by atoms with E-state index in [1.165, 1.54) is 0 Å². The van der Waals surface area contributed by atoms with E-state index in [0.29, 0.717) is 0 Å². The molecule has 0 spiro atoms. The molecule has 0 aliphatic carbocycles. The molecule has 0 aromatic carbocycles. The van der Waals surface area contributed by atoms with Gasteiger partial charge in [-0.05, 0) is 0 Å². The molecule has 0 heterocycles. The highest BCUT2D eigenvalue weighted by Gasteiger charge is 1.90. The molecule has 0 aliphatic rings. The van der Waals surface area contributed by atoms with Crippen molar-refractivity contribution in [3.05, 3.63) is 0 Å². The van der Waals surface area contributed by atoms with Gasteiger partial charge in [-0.15, -0.1) is 4.39 Å². The summed E-state index contributed by atoms with van der Waals surface area (Å²) in [5, 5.41) is 0. The summed E-state index contributed by atoms with van der Waals surface area (Å²) in [5.74, 6) is 0. The Hall–Kier alpha value is -0.310. The zero-order valence-electron chi connectivity index (χ0n) is 2.78. The van der Waals surface area contributed by atoms with Crippen LogP contribution in [0.3, 0.4) is 0 Å². The Kier molecular flexibility index (Phi) is 2.75. The lowest BCUT2D eigenvalue weighted by atomic mass is 11.4. The fourth-order valence-electron chi connectivity index (χ4n) is 0.0429. The number of hydrogen-bond donors (Lipinski definition) is 0. The molecule has 0 rings (SSSR count). The molecule has 6 heavy (non-hydrogen) atoms. The van der Waals surface area contributed by atoms with Crippen molar-refractivity contribution in [1.82, 2.24) is 0 Å². The van der Waals surface area contributed by atoms with Crippen LogP contribution in [-0.4, -0.2) is 12.3 Å². The van der Waals surface area contributed by atoms with Crippen LogP contribution in [0.25, 0.3) is 0 Å². The van der Waals surface area contributed by atoms with E-state index in [4.69, 9.17) is 16.4 Å². The fourth-order valence-corrected chi connectivity index (χ4v) is 0.129. The Balaban J connectivity index is 2.83. The zero-order chi connectivity index (χ0) is 4.99. The van der Waals surface area contributed by atoms with Gasteiger partial charge in [0, 0.05) is 0 Å². The third kappa shape index (κ3) is 3.69. The van der Waals surface area contributed by atoms with E-state index in [1.807, 2.05) is 0 Å². The van der Waals surface area contributed by atoms with Crippen LogP contribution in [0.4, 0.5) is 9.18 Å². The molecular formula is C2H2ClFO2. The van der Waals surface area contributed by atoms with Gasteiger partial charge in [-0.3, -0.25) is 0 Å². The molecule has 0 N–H and O–H groups in total. The minimum absolute atomic E-state index is 0.421. The summed E-state index contributed by atoms with van der Waals surface area (Å²) >= 11 is 4.71. The average Bonchev–Trinajstić information content (AvgIpc) is 1.35. The summed E-state index contributed by atoms with van der Waals surface area (Å²) in [7, 11) is 0. The second kappa shape index (κ2) is 2.90. The van der Waals surface area contributed by atoms with Crippen LogP contribution in [0.15, 0.2) is 0 Å². The smallest absolute Gasteiger partial charge is 0.424 e. The standard InChI is InChI=1S/C2H2ClFO2/c3-1-6-2(4)5/h1H2. The summed E-state index contributed by atoms with van der Waals surface area (Å²) in [5.41, 5.74) is 0. The SMILES string of the molecule is O=C(F)OCCl. The van der Waals surface area contributed by atoms with Gasteiger partial charge in [0.25, 0.3) is 0 Å². The molecule has 36 valence electrons. The van der Waals surface area contributed by atoms with E-state index in [1.54, 1.807) is 0 Å². The largest absolute Gasteiger partial charge is 0.496 e. The highest BCUT2D eigenvalue weighted by atomic mass is 35.5. The Morgan fingerprint density at radius 1 is 2.00 bits per heavy atom.